The molecule has 2 aromatic carbocycles. The Kier molecular flexibility index (Phi) is 4.61. The summed E-state index contributed by atoms with van der Waals surface area (Å²) in [6.07, 6.45) is 0. The van der Waals surface area contributed by atoms with Crippen LogP contribution in [0.1, 0.15) is 11.1 Å². The maximum absolute atomic E-state index is 11.9. The molecule has 7 nitrogen and oxygen atoms in total. The van der Waals surface area contributed by atoms with E-state index in [4.69, 9.17) is 13.9 Å². The molecular formula is C22H22N2O5. The lowest BCUT2D eigenvalue weighted by molar-refractivity contribution is -0.918. The maximum atomic E-state index is 11.9. The molecule has 0 atom stereocenters. The van der Waals surface area contributed by atoms with Crippen molar-refractivity contribution >= 4 is 11.0 Å². The van der Waals surface area contributed by atoms with Crippen molar-refractivity contribution in [3.05, 3.63) is 64.0 Å². The fourth-order valence-corrected chi connectivity index (χ4v) is 4.12. The Balaban J connectivity index is 1.24. The summed E-state index contributed by atoms with van der Waals surface area (Å²) in [4.78, 5) is 15.7. The van der Waals surface area contributed by atoms with Crippen LogP contribution in [0.15, 0.2) is 51.7 Å². The van der Waals surface area contributed by atoms with Gasteiger partial charge in [0.15, 0.2) is 11.5 Å². The highest BCUT2D eigenvalue weighted by atomic mass is 16.7. The average molecular weight is 394 g/mol. The third-order valence-electron chi connectivity index (χ3n) is 5.65. The Hall–Kier alpha value is -3.03. The lowest BCUT2D eigenvalue weighted by Gasteiger charge is -2.32. The van der Waals surface area contributed by atoms with Crippen molar-refractivity contribution in [3.63, 3.8) is 0 Å². The van der Waals surface area contributed by atoms with Crippen LogP contribution in [0.2, 0.25) is 0 Å². The summed E-state index contributed by atoms with van der Waals surface area (Å²) in [5.74, 6) is 1.55. The van der Waals surface area contributed by atoms with Crippen molar-refractivity contribution in [3.8, 4) is 17.2 Å². The molecule has 0 spiro atoms. The smallest absolute Gasteiger partial charge is 0.336 e. The van der Waals surface area contributed by atoms with Crippen molar-refractivity contribution < 1.29 is 23.9 Å². The van der Waals surface area contributed by atoms with Gasteiger partial charge in [0, 0.05) is 36.7 Å². The number of hydrogen-bond acceptors (Lipinski definition) is 6. The Morgan fingerprint density at radius 2 is 1.83 bits per heavy atom. The highest BCUT2D eigenvalue weighted by Gasteiger charge is 2.22. The normalized spacial score (nSPS) is 17.1. The Labute approximate surface area is 167 Å². The van der Waals surface area contributed by atoms with Crippen molar-refractivity contribution in [1.82, 2.24) is 4.90 Å². The summed E-state index contributed by atoms with van der Waals surface area (Å²) in [5, 5.41) is 12.5. The first-order chi connectivity index (χ1) is 14.1. The number of benzene rings is 2. The molecule has 29 heavy (non-hydrogen) atoms. The molecule has 5 rings (SSSR count). The van der Waals surface area contributed by atoms with E-state index in [1.165, 1.54) is 22.6 Å². The van der Waals surface area contributed by atoms with Gasteiger partial charge in [0.2, 0.25) is 6.79 Å². The highest BCUT2D eigenvalue weighted by molar-refractivity contribution is 5.81. The van der Waals surface area contributed by atoms with Gasteiger partial charge in [-0.3, -0.25) is 4.90 Å². The number of piperazine rings is 1. The van der Waals surface area contributed by atoms with Crippen LogP contribution in [0.25, 0.3) is 11.0 Å². The molecular weight excluding hydrogens is 372 g/mol. The molecule has 2 aliphatic rings. The van der Waals surface area contributed by atoms with Crippen LogP contribution in [0.3, 0.4) is 0 Å². The van der Waals surface area contributed by atoms with Gasteiger partial charge in [0.25, 0.3) is 0 Å². The second kappa shape index (κ2) is 7.42. The minimum absolute atomic E-state index is 0.0730. The first kappa shape index (κ1) is 18.0. The number of nitrogens with zero attached hydrogens (tertiary/aromatic N) is 1. The van der Waals surface area contributed by atoms with Crippen LogP contribution in [0.5, 0.6) is 17.2 Å². The third-order valence-corrected chi connectivity index (χ3v) is 5.65. The number of hydrogen-bond donors (Lipinski definition) is 1. The van der Waals surface area contributed by atoms with Crippen LogP contribution >= 0.6 is 0 Å². The molecule has 1 N–H and O–H groups in total. The number of fused-ring (bicyclic) bond motifs is 2. The topological polar surface area (TPSA) is 79.4 Å². The van der Waals surface area contributed by atoms with Crippen LogP contribution in [-0.2, 0) is 13.1 Å². The molecule has 2 aliphatic heterocycles. The Morgan fingerprint density at radius 3 is 2.69 bits per heavy atom. The molecule has 1 saturated heterocycles. The fourth-order valence-electron chi connectivity index (χ4n) is 4.12. The van der Waals surface area contributed by atoms with Crippen molar-refractivity contribution in [1.29, 1.82) is 0 Å². The van der Waals surface area contributed by atoms with E-state index >= 15 is 0 Å². The number of ether oxygens (including phenoxy) is 2. The zero-order valence-corrected chi connectivity index (χ0v) is 16.0. The molecule has 1 aromatic heterocycles. The molecule has 150 valence electrons. The zero-order chi connectivity index (χ0) is 19.8. The van der Waals surface area contributed by atoms with E-state index in [2.05, 4.69) is 17.0 Å². The molecule has 3 aromatic rings. The lowest BCUT2D eigenvalue weighted by atomic mass is 10.1. The van der Waals surface area contributed by atoms with Crippen molar-refractivity contribution in [2.45, 2.75) is 13.1 Å². The summed E-state index contributed by atoms with van der Waals surface area (Å²) in [6, 6.07) is 12.2. The molecule has 0 unspecified atom stereocenters. The third kappa shape index (κ3) is 3.79. The first-order valence-electron chi connectivity index (χ1n) is 9.82. The molecule has 3 heterocycles. The summed E-state index contributed by atoms with van der Waals surface area (Å²) < 4.78 is 16.1. The molecule has 0 saturated carbocycles. The molecule has 1 fully saturated rings. The minimum Gasteiger partial charge on any atom is -0.872 e. The van der Waals surface area contributed by atoms with Gasteiger partial charge in [-0.25, -0.2) is 4.79 Å². The summed E-state index contributed by atoms with van der Waals surface area (Å²) in [7, 11) is 0. The lowest BCUT2D eigenvalue weighted by Crippen LogP contribution is -3.13. The van der Waals surface area contributed by atoms with E-state index in [1.54, 1.807) is 12.1 Å². The van der Waals surface area contributed by atoms with Crippen molar-refractivity contribution in [2.24, 2.45) is 0 Å². The summed E-state index contributed by atoms with van der Waals surface area (Å²) in [6.45, 7) is 5.77. The molecule has 0 radical (unpaired) electrons. The van der Waals surface area contributed by atoms with E-state index < -0.39 is 0 Å². The van der Waals surface area contributed by atoms with E-state index in [-0.39, 0.29) is 11.4 Å². The summed E-state index contributed by atoms with van der Waals surface area (Å²) in [5.41, 5.74) is 2.21. The van der Waals surface area contributed by atoms with Crippen LogP contribution in [0, 0.1) is 0 Å². The number of nitrogens with one attached hydrogen (secondary N) is 1. The molecule has 7 heteroatoms. The van der Waals surface area contributed by atoms with Gasteiger partial charge in [0.05, 0.1) is 13.1 Å². The standard InChI is InChI=1S/C22H22N2O5/c25-17-2-4-19-18(11-17)16(10-22(26)29-19)13-24-7-5-23(6-8-24)12-15-1-3-20-21(9-15)28-14-27-20/h1-4,9-11,25H,5-8,12-14H2. The van der Waals surface area contributed by atoms with Gasteiger partial charge < -0.3 is 23.9 Å². The second-order valence-corrected chi connectivity index (χ2v) is 7.64. The van der Waals surface area contributed by atoms with Gasteiger partial charge in [0.1, 0.15) is 12.1 Å². The molecule has 0 bridgehead atoms. The monoisotopic (exact) mass is 394 g/mol. The van der Waals surface area contributed by atoms with Crippen molar-refractivity contribution in [2.75, 3.05) is 33.0 Å². The summed E-state index contributed by atoms with van der Waals surface area (Å²) >= 11 is 0. The maximum Gasteiger partial charge on any atom is 0.336 e. The fraction of sp³-hybridized carbons (Fsp3) is 0.318. The highest BCUT2D eigenvalue weighted by Crippen LogP contribution is 2.32. The zero-order valence-electron chi connectivity index (χ0n) is 16.0. The van der Waals surface area contributed by atoms with Gasteiger partial charge >= 0.3 is 5.63 Å². The quantitative estimate of drug-likeness (QED) is 0.649. The van der Waals surface area contributed by atoms with Gasteiger partial charge in [-0.15, -0.1) is 5.75 Å². The van der Waals surface area contributed by atoms with E-state index in [1.807, 2.05) is 6.07 Å². The predicted octanol–water partition coefficient (Wildman–Crippen LogP) is 0.496. The minimum atomic E-state index is -0.369. The van der Waals surface area contributed by atoms with E-state index in [9.17, 15) is 9.90 Å². The van der Waals surface area contributed by atoms with E-state index in [0.29, 0.717) is 18.9 Å². The van der Waals surface area contributed by atoms with Gasteiger partial charge in [-0.2, -0.15) is 0 Å². The first-order valence-corrected chi connectivity index (χ1v) is 9.82. The molecule has 0 aliphatic carbocycles. The molecule has 0 amide bonds. The average Bonchev–Trinajstić information content (AvgIpc) is 3.18. The van der Waals surface area contributed by atoms with Crippen LogP contribution < -0.4 is 25.1 Å². The van der Waals surface area contributed by atoms with E-state index in [0.717, 1.165) is 55.2 Å². The number of rotatable bonds is 4. The van der Waals surface area contributed by atoms with Crippen LogP contribution in [0.4, 0.5) is 0 Å². The predicted molar refractivity (Wildman–Crippen MR) is 104 cm³/mol. The number of quaternary nitrogens is 1. The van der Waals surface area contributed by atoms with Gasteiger partial charge in [-0.05, 0) is 23.8 Å². The second-order valence-electron chi connectivity index (χ2n) is 7.64. The Morgan fingerprint density at radius 1 is 1.00 bits per heavy atom. The van der Waals surface area contributed by atoms with Crippen LogP contribution in [-0.4, -0.2) is 37.9 Å². The SMILES string of the molecule is O=c1cc(C[NH+]2CCN(Cc3ccc4c(c3)OCO4)CC2)c2cc([O-])ccc2o1. The Bertz CT molecular complexity index is 1100. The largest absolute Gasteiger partial charge is 0.872 e. The van der Waals surface area contributed by atoms with Gasteiger partial charge in [-0.1, -0.05) is 18.2 Å².